The molecule has 0 aromatic heterocycles. The van der Waals surface area contributed by atoms with Crippen LogP contribution in [-0.4, -0.2) is 35.4 Å². The average molecular weight is 415 g/mol. The van der Waals surface area contributed by atoms with Crippen LogP contribution in [0.1, 0.15) is 38.2 Å². The second-order valence-electron chi connectivity index (χ2n) is 7.42. The van der Waals surface area contributed by atoms with Gasteiger partial charge in [0.2, 0.25) is 5.91 Å². The first-order valence-electron chi connectivity index (χ1n) is 10.0. The van der Waals surface area contributed by atoms with Gasteiger partial charge in [0.25, 0.3) is 5.91 Å². The van der Waals surface area contributed by atoms with Gasteiger partial charge in [0.1, 0.15) is 11.8 Å². The van der Waals surface area contributed by atoms with Crippen LogP contribution in [0, 0.1) is 0 Å². The second kappa shape index (κ2) is 10.3. The van der Waals surface area contributed by atoms with Crippen LogP contribution in [0.15, 0.2) is 54.6 Å². The highest BCUT2D eigenvalue weighted by Gasteiger charge is 2.28. The van der Waals surface area contributed by atoms with Gasteiger partial charge in [-0.25, -0.2) is 0 Å². The van der Waals surface area contributed by atoms with E-state index < -0.39 is 6.04 Å². The minimum absolute atomic E-state index is 0.126. The van der Waals surface area contributed by atoms with E-state index in [4.69, 9.17) is 16.3 Å². The number of rotatable bonds is 8. The lowest BCUT2D eigenvalue weighted by atomic mass is 10.1. The van der Waals surface area contributed by atoms with E-state index >= 15 is 0 Å². The molecule has 1 aliphatic carbocycles. The van der Waals surface area contributed by atoms with E-state index in [1.807, 2.05) is 30.3 Å². The third-order valence-corrected chi connectivity index (χ3v) is 5.49. The van der Waals surface area contributed by atoms with Crippen molar-refractivity contribution >= 4 is 23.4 Å². The molecule has 154 valence electrons. The van der Waals surface area contributed by atoms with Crippen LogP contribution in [0.2, 0.25) is 5.02 Å². The molecule has 0 spiro atoms. The third kappa shape index (κ3) is 6.23. The molecule has 29 heavy (non-hydrogen) atoms. The summed E-state index contributed by atoms with van der Waals surface area (Å²) in [6, 6.07) is 16.1. The highest BCUT2D eigenvalue weighted by molar-refractivity contribution is 6.30. The molecule has 0 saturated heterocycles. The van der Waals surface area contributed by atoms with Gasteiger partial charge in [-0.05, 0) is 49.6 Å². The van der Waals surface area contributed by atoms with Crippen LogP contribution in [0.25, 0.3) is 0 Å². The van der Waals surface area contributed by atoms with E-state index in [1.54, 1.807) is 36.1 Å². The van der Waals surface area contributed by atoms with E-state index in [2.05, 4.69) is 5.32 Å². The molecule has 0 unspecified atom stereocenters. The molecule has 0 heterocycles. The third-order valence-electron chi connectivity index (χ3n) is 5.24. The maximum atomic E-state index is 13.0. The smallest absolute Gasteiger partial charge is 0.261 e. The van der Waals surface area contributed by atoms with Gasteiger partial charge in [0.15, 0.2) is 6.61 Å². The van der Waals surface area contributed by atoms with Crippen LogP contribution in [0.3, 0.4) is 0 Å². The zero-order valence-corrected chi connectivity index (χ0v) is 17.4. The summed E-state index contributed by atoms with van der Waals surface area (Å²) in [6.07, 6.45) is 4.27. The molecular weight excluding hydrogens is 388 g/mol. The van der Waals surface area contributed by atoms with Gasteiger partial charge in [-0.1, -0.05) is 54.8 Å². The van der Waals surface area contributed by atoms with Crippen molar-refractivity contribution in [3.63, 3.8) is 0 Å². The van der Waals surface area contributed by atoms with Gasteiger partial charge in [-0.15, -0.1) is 0 Å². The van der Waals surface area contributed by atoms with Gasteiger partial charge in [-0.3, -0.25) is 9.59 Å². The Bertz CT molecular complexity index is 805. The van der Waals surface area contributed by atoms with Crippen LogP contribution >= 0.6 is 11.6 Å². The predicted molar refractivity (Wildman–Crippen MR) is 114 cm³/mol. The molecule has 1 atom stereocenters. The van der Waals surface area contributed by atoms with E-state index in [-0.39, 0.29) is 24.5 Å². The summed E-state index contributed by atoms with van der Waals surface area (Å²) < 4.78 is 5.62. The Hall–Kier alpha value is -2.53. The van der Waals surface area contributed by atoms with Crippen molar-refractivity contribution in [2.75, 3.05) is 6.61 Å². The Morgan fingerprint density at radius 1 is 1.10 bits per heavy atom. The van der Waals surface area contributed by atoms with Crippen LogP contribution < -0.4 is 10.1 Å². The minimum Gasteiger partial charge on any atom is -0.484 e. The van der Waals surface area contributed by atoms with Crippen LogP contribution in [0.5, 0.6) is 5.75 Å². The lowest BCUT2D eigenvalue weighted by Crippen LogP contribution is -2.50. The largest absolute Gasteiger partial charge is 0.484 e. The molecule has 0 bridgehead atoms. The molecule has 1 saturated carbocycles. The lowest BCUT2D eigenvalue weighted by Gasteiger charge is -2.29. The van der Waals surface area contributed by atoms with Gasteiger partial charge < -0.3 is 15.0 Å². The number of amides is 2. The molecule has 2 aromatic carbocycles. The zero-order chi connectivity index (χ0) is 20.6. The Morgan fingerprint density at radius 2 is 1.76 bits per heavy atom. The maximum absolute atomic E-state index is 13.0. The quantitative estimate of drug-likeness (QED) is 0.704. The Labute approximate surface area is 177 Å². The normalized spacial score (nSPS) is 15.0. The highest BCUT2D eigenvalue weighted by atomic mass is 35.5. The Balaban J connectivity index is 1.69. The van der Waals surface area contributed by atoms with Gasteiger partial charge >= 0.3 is 0 Å². The number of nitrogens with zero attached hydrogens (tertiary/aromatic N) is 1. The van der Waals surface area contributed by atoms with Crippen molar-refractivity contribution in [3.05, 3.63) is 65.2 Å². The number of nitrogens with one attached hydrogen (secondary N) is 1. The number of hydrogen-bond acceptors (Lipinski definition) is 3. The van der Waals surface area contributed by atoms with Crippen molar-refractivity contribution in [1.82, 2.24) is 10.2 Å². The van der Waals surface area contributed by atoms with Crippen LogP contribution in [0.4, 0.5) is 0 Å². The molecule has 0 aliphatic heterocycles. The number of carbonyl (C=O) groups is 2. The first-order valence-corrected chi connectivity index (χ1v) is 10.4. The summed E-state index contributed by atoms with van der Waals surface area (Å²) >= 11 is 5.97. The summed E-state index contributed by atoms with van der Waals surface area (Å²) in [6.45, 7) is 1.95. The highest BCUT2D eigenvalue weighted by Crippen LogP contribution is 2.19. The fourth-order valence-corrected chi connectivity index (χ4v) is 3.63. The molecule has 1 fully saturated rings. The summed E-state index contributed by atoms with van der Waals surface area (Å²) in [7, 11) is 0. The molecule has 2 aromatic rings. The fraction of sp³-hybridized carbons (Fsp3) is 0.391. The van der Waals surface area contributed by atoms with E-state index in [9.17, 15) is 9.59 Å². The summed E-state index contributed by atoms with van der Waals surface area (Å²) in [5, 5.41) is 3.72. The summed E-state index contributed by atoms with van der Waals surface area (Å²) in [4.78, 5) is 27.3. The second-order valence-corrected chi connectivity index (χ2v) is 7.85. The number of ether oxygens (including phenoxy) is 1. The first-order chi connectivity index (χ1) is 14.0. The number of para-hydroxylation sites is 1. The zero-order valence-electron chi connectivity index (χ0n) is 16.6. The Morgan fingerprint density at radius 3 is 2.41 bits per heavy atom. The summed E-state index contributed by atoms with van der Waals surface area (Å²) in [5.41, 5.74) is 0.906. The number of benzene rings is 2. The van der Waals surface area contributed by atoms with Crippen molar-refractivity contribution in [2.45, 2.75) is 51.2 Å². The van der Waals surface area contributed by atoms with Gasteiger partial charge in [0.05, 0.1) is 0 Å². The minimum atomic E-state index is -0.599. The van der Waals surface area contributed by atoms with Crippen LogP contribution in [-0.2, 0) is 16.1 Å². The topological polar surface area (TPSA) is 58.6 Å². The molecular formula is C23H27ClN2O3. The maximum Gasteiger partial charge on any atom is 0.261 e. The molecule has 2 amide bonds. The van der Waals surface area contributed by atoms with Crippen molar-refractivity contribution in [3.8, 4) is 5.75 Å². The predicted octanol–water partition coefficient (Wildman–Crippen LogP) is 4.19. The first kappa shape index (κ1) is 21.2. The van der Waals surface area contributed by atoms with E-state index in [1.165, 1.54) is 0 Å². The van der Waals surface area contributed by atoms with E-state index in [0.717, 1.165) is 31.2 Å². The van der Waals surface area contributed by atoms with Gasteiger partial charge in [0, 0.05) is 17.6 Å². The standard InChI is InChI=1S/C23H27ClN2O3/c1-17(23(28)25-20-7-5-6-8-20)26(15-18-11-13-19(24)14-12-18)22(27)16-29-21-9-3-2-4-10-21/h2-4,9-14,17,20H,5-8,15-16H2,1H3,(H,25,28)/t17-/m0/s1. The van der Waals surface area contributed by atoms with Crippen molar-refractivity contribution in [2.24, 2.45) is 0 Å². The number of halogens is 1. The molecule has 3 rings (SSSR count). The summed E-state index contributed by atoms with van der Waals surface area (Å²) in [5.74, 6) is 0.257. The number of hydrogen-bond donors (Lipinski definition) is 1. The molecule has 6 heteroatoms. The van der Waals surface area contributed by atoms with Crippen molar-refractivity contribution in [1.29, 1.82) is 0 Å². The average Bonchev–Trinajstić information content (AvgIpc) is 3.25. The monoisotopic (exact) mass is 414 g/mol. The molecule has 5 nitrogen and oxygen atoms in total. The lowest BCUT2D eigenvalue weighted by molar-refractivity contribution is -0.142. The molecule has 0 radical (unpaired) electrons. The van der Waals surface area contributed by atoms with E-state index in [0.29, 0.717) is 17.3 Å². The SMILES string of the molecule is C[C@@H](C(=O)NC1CCCC1)N(Cc1ccc(Cl)cc1)C(=O)COc1ccccc1. The molecule has 1 aliphatic rings. The van der Waals surface area contributed by atoms with Gasteiger partial charge in [-0.2, -0.15) is 0 Å². The van der Waals surface area contributed by atoms with Crippen molar-refractivity contribution < 1.29 is 14.3 Å². The Kier molecular flexibility index (Phi) is 7.53. The molecule has 1 N–H and O–H groups in total. The number of carbonyl (C=O) groups excluding carboxylic acids is 2. The fourth-order valence-electron chi connectivity index (χ4n) is 3.51.